The molecule has 2 aromatic rings. The van der Waals surface area contributed by atoms with Crippen LogP contribution >= 0.6 is 0 Å². The zero-order chi connectivity index (χ0) is 22.0. The van der Waals surface area contributed by atoms with Crippen LogP contribution in [0.2, 0.25) is 0 Å². The van der Waals surface area contributed by atoms with Crippen molar-refractivity contribution in [3.05, 3.63) is 64.2 Å². The maximum atomic E-state index is 13.9. The quantitative estimate of drug-likeness (QED) is 0.641. The monoisotopic (exact) mass is 432 g/mol. The average molecular weight is 432 g/mol. The smallest absolute Gasteiger partial charge is 0.379 e. The number of fused-ring (bicyclic) bond motifs is 1. The fourth-order valence-electron chi connectivity index (χ4n) is 4.30. The molecule has 2 heterocycles. The number of rotatable bonds is 6. The number of hydrogen-bond acceptors (Lipinski definition) is 3. The maximum absolute atomic E-state index is 13.9. The summed E-state index contributed by atoms with van der Waals surface area (Å²) >= 11 is 0. The first-order valence-corrected chi connectivity index (χ1v) is 10.8. The standard InChI is InChI=1S/C24H27F3N2O2/c1-2-3-5-17-6-4-7-19(12-17)29-16-21-20(23(29)30)13-18(14-22(21)24(25,26)27)15-28-8-10-31-11-9-28/h4,6-7,12-14H,2-3,5,8-11,15-16H2,1H3. The molecule has 31 heavy (non-hydrogen) atoms. The molecule has 0 saturated carbocycles. The highest BCUT2D eigenvalue weighted by atomic mass is 19.4. The van der Waals surface area contributed by atoms with Crippen molar-refractivity contribution in [2.75, 3.05) is 31.2 Å². The molecule has 2 aromatic carbocycles. The van der Waals surface area contributed by atoms with E-state index in [1.165, 1.54) is 11.0 Å². The third kappa shape index (κ3) is 4.77. The topological polar surface area (TPSA) is 32.8 Å². The van der Waals surface area contributed by atoms with Gasteiger partial charge in [0.25, 0.3) is 5.91 Å². The lowest BCUT2D eigenvalue weighted by molar-refractivity contribution is -0.138. The van der Waals surface area contributed by atoms with Crippen LogP contribution in [0.3, 0.4) is 0 Å². The highest BCUT2D eigenvalue weighted by molar-refractivity contribution is 6.10. The van der Waals surface area contributed by atoms with Crippen molar-refractivity contribution in [3.63, 3.8) is 0 Å². The first-order chi connectivity index (χ1) is 14.9. The van der Waals surface area contributed by atoms with Crippen LogP contribution < -0.4 is 4.90 Å². The van der Waals surface area contributed by atoms with Gasteiger partial charge in [-0.05, 0) is 53.8 Å². The van der Waals surface area contributed by atoms with Crippen molar-refractivity contribution < 1.29 is 22.7 Å². The number of aryl methyl sites for hydroxylation is 1. The third-order valence-corrected chi connectivity index (χ3v) is 5.96. The lowest BCUT2D eigenvalue weighted by atomic mass is 9.98. The van der Waals surface area contributed by atoms with Crippen LogP contribution in [0.15, 0.2) is 36.4 Å². The van der Waals surface area contributed by atoms with Gasteiger partial charge in [-0.1, -0.05) is 25.5 Å². The number of ether oxygens (including phenoxy) is 1. The van der Waals surface area contributed by atoms with Crippen molar-refractivity contribution in [2.45, 2.75) is 45.5 Å². The summed E-state index contributed by atoms with van der Waals surface area (Å²) < 4.78 is 47.0. The molecule has 2 aliphatic rings. The first kappa shape index (κ1) is 21.8. The Morgan fingerprint density at radius 1 is 1.06 bits per heavy atom. The van der Waals surface area contributed by atoms with E-state index in [0.29, 0.717) is 44.1 Å². The van der Waals surface area contributed by atoms with E-state index in [1.54, 1.807) is 12.1 Å². The number of alkyl halides is 3. The Bertz CT molecular complexity index is 952. The SMILES string of the molecule is CCCCc1cccc(N2Cc3c(cc(CN4CCOCC4)cc3C(F)(F)F)C2=O)c1. The van der Waals surface area contributed by atoms with E-state index in [9.17, 15) is 18.0 Å². The molecular formula is C24H27F3N2O2. The molecule has 7 heteroatoms. The van der Waals surface area contributed by atoms with Crippen molar-refractivity contribution in [1.82, 2.24) is 4.90 Å². The Labute approximate surface area is 180 Å². The van der Waals surface area contributed by atoms with Crippen LogP contribution in [0.25, 0.3) is 0 Å². The predicted molar refractivity (Wildman–Crippen MR) is 113 cm³/mol. The molecular weight excluding hydrogens is 405 g/mol. The molecule has 0 spiro atoms. The zero-order valence-electron chi connectivity index (χ0n) is 17.7. The van der Waals surface area contributed by atoms with Crippen molar-refractivity contribution >= 4 is 11.6 Å². The molecule has 0 atom stereocenters. The van der Waals surface area contributed by atoms with E-state index in [-0.39, 0.29) is 23.6 Å². The second kappa shape index (κ2) is 9.01. The number of carbonyl (C=O) groups excluding carboxylic acids is 1. The van der Waals surface area contributed by atoms with Gasteiger partial charge in [-0.25, -0.2) is 0 Å². The Hall–Kier alpha value is -2.38. The summed E-state index contributed by atoms with van der Waals surface area (Å²) in [7, 11) is 0. The molecule has 0 radical (unpaired) electrons. The number of carbonyl (C=O) groups is 1. The van der Waals surface area contributed by atoms with Crippen molar-refractivity contribution in [3.8, 4) is 0 Å². The molecule has 1 amide bonds. The summed E-state index contributed by atoms with van der Waals surface area (Å²) in [5, 5.41) is 0. The van der Waals surface area contributed by atoms with Crippen LogP contribution in [0.1, 0.15) is 52.4 Å². The van der Waals surface area contributed by atoms with E-state index in [0.717, 1.165) is 24.8 Å². The van der Waals surface area contributed by atoms with Gasteiger partial charge >= 0.3 is 6.18 Å². The Morgan fingerprint density at radius 3 is 2.55 bits per heavy atom. The van der Waals surface area contributed by atoms with Gasteiger partial charge in [0.05, 0.1) is 25.3 Å². The van der Waals surface area contributed by atoms with Gasteiger partial charge in [0.15, 0.2) is 0 Å². The van der Waals surface area contributed by atoms with Crippen LogP contribution in [-0.4, -0.2) is 37.1 Å². The van der Waals surface area contributed by atoms with Gasteiger partial charge in [-0.2, -0.15) is 13.2 Å². The maximum Gasteiger partial charge on any atom is 0.416 e. The Balaban J connectivity index is 1.66. The van der Waals surface area contributed by atoms with Gasteiger partial charge in [0.1, 0.15) is 0 Å². The number of benzene rings is 2. The number of nitrogens with zero attached hydrogens (tertiary/aromatic N) is 2. The molecule has 2 aliphatic heterocycles. The minimum absolute atomic E-state index is 0.0575. The number of unbranched alkanes of at least 4 members (excludes halogenated alkanes) is 1. The van der Waals surface area contributed by atoms with E-state index < -0.39 is 11.7 Å². The highest BCUT2D eigenvalue weighted by Crippen LogP contribution is 2.39. The van der Waals surface area contributed by atoms with Crippen LogP contribution in [0.4, 0.5) is 18.9 Å². The number of hydrogen-bond donors (Lipinski definition) is 0. The van der Waals surface area contributed by atoms with E-state index in [1.807, 2.05) is 18.2 Å². The summed E-state index contributed by atoms with van der Waals surface area (Å²) in [5.74, 6) is -0.364. The fraction of sp³-hybridized carbons (Fsp3) is 0.458. The van der Waals surface area contributed by atoms with Crippen molar-refractivity contribution in [2.24, 2.45) is 0 Å². The van der Waals surface area contributed by atoms with Gasteiger partial charge < -0.3 is 9.64 Å². The summed E-state index contributed by atoms with van der Waals surface area (Å²) in [4.78, 5) is 16.7. The van der Waals surface area contributed by atoms with E-state index in [2.05, 4.69) is 11.8 Å². The van der Waals surface area contributed by atoms with Gasteiger partial charge in [-0.15, -0.1) is 0 Å². The highest BCUT2D eigenvalue weighted by Gasteiger charge is 2.40. The number of halogens is 3. The predicted octanol–water partition coefficient (Wildman–Crippen LogP) is 5.04. The van der Waals surface area contributed by atoms with Crippen LogP contribution in [-0.2, 0) is 30.4 Å². The number of morpholine rings is 1. The van der Waals surface area contributed by atoms with E-state index >= 15 is 0 Å². The molecule has 0 aliphatic carbocycles. The molecule has 4 rings (SSSR count). The molecule has 0 unspecified atom stereocenters. The normalized spacial score (nSPS) is 17.3. The lowest BCUT2D eigenvalue weighted by Gasteiger charge is -2.27. The van der Waals surface area contributed by atoms with E-state index in [4.69, 9.17) is 4.74 Å². The summed E-state index contributed by atoms with van der Waals surface area (Å²) in [6.07, 6.45) is -1.54. The zero-order valence-corrected chi connectivity index (χ0v) is 17.7. The second-order valence-corrected chi connectivity index (χ2v) is 8.22. The molecule has 1 fully saturated rings. The lowest BCUT2D eigenvalue weighted by Crippen LogP contribution is -2.35. The fourth-order valence-corrected chi connectivity index (χ4v) is 4.30. The Kier molecular flexibility index (Phi) is 6.34. The molecule has 0 bridgehead atoms. The van der Waals surface area contributed by atoms with Gasteiger partial charge in [0, 0.05) is 30.9 Å². The Morgan fingerprint density at radius 2 is 1.84 bits per heavy atom. The minimum atomic E-state index is -4.51. The average Bonchev–Trinajstić information content (AvgIpc) is 3.08. The molecule has 0 aromatic heterocycles. The summed E-state index contributed by atoms with van der Waals surface area (Å²) in [6.45, 7) is 4.90. The van der Waals surface area contributed by atoms with Crippen molar-refractivity contribution in [1.29, 1.82) is 0 Å². The van der Waals surface area contributed by atoms with Gasteiger partial charge in [-0.3, -0.25) is 9.69 Å². The van der Waals surface area contributed by atoms with Crippen LogP contribution in [0.5, 0.6) is 0 Å². The van der Waals surface area contributed by atoms with Crippen LogP contribution in [0, 0.1) is 0 Å². The summed E-state index contributed by atoms with van der Waals surface area (Å²) in [6, 6.07) is 10.4. The number of amides is 1. The molecule has 4 nitrogen and oxygen atoms in total. The molecule has 0 N–H and O–H groups in total. The second-order valence-electron chi connectivity index (χ2n) is 8.22. The first-order valence-electron chi connectivity index (χ1n) is 10.8. The van der Waals surface area contributed by atoms with Gasteiger partial charge in [0.2, 0.25) is 0 Å². The third-order valence-electron chi connectivity index (χ3n) is 5.96. The molecule has 166 valence electrons. The number of anilines is 1. The summed E-state index contributed by atoms with van der Waals surface area (Å²) in [5.41, 5.74) is 1.79. The molecule has 1 saturated heterocycles. The minimum Gasteiger partial charge on any atom is -0.379 e. The largest absolute Gasteiger partial charge is 0.416 e.